The average molecular weight is 591 g/mol. The molecule has 8 heteroatoms. The summed E-state index contributed by atoms with van der Waals surface area (Å²) in [6.45, 7) is 0.653. The van der Waals surface area contributed by atoms with Gasteiger partial charge in [0, 0.05) is 26.2 Å². The van der Waals surface area contributed by atoms with Crippen molar-refractivity contribution in [3.05, 3.63) is 144 Å². The topological polar surface area (TPSA) is 115 Å². The minimum atomic E-state index is -1.49. The molecule has 0 heterocycles. The zero-order valence-electron chi connectivity index (χ0n) is 24.1. The molecule has 1 fully saturated rings. The molecule has 224 valence electrons. The van der Waals surface area contributed by atoms with E-state index in [-0.39, 0.29) is 26.2 Å². The van der Waals surface area contributed by atoms with Crippen molar-refractivity contribution in [3.63, 3.8) is 0 Å². The molecule has 0 unspecified atom stereocenters. The molecule has 0 radical (unpaired) electrons. The van der Waals surface area contributed by atoms with E-state index in [1.165, 1.54) is 9.80 Å². The highest BCUT2D eigenvalue weighted by molar-refractivity contribution is 5.99. The van der Waals surface area contributed by atoms with E-state index in [0.717, 1.165) is 22.3 Å². The van der Waals surface area contributed by atoms with Gasteiger partial charge in [0.2, 0.25) is 11.8 Å². The number of carbonyl (C=O) groups is 4. The van der Waals surface area contributed by atoms with E-state index in [0.29, 0.717) is 0 Å². The molecular formula is C36H34N2O6. The second-order valence-electron chi connectivity index (χ2n) is 11.1. The number of carboxylic acids is 2. The van der Waals surface area contributed by atoms with Crippen LogP contribution in [0.25, 0.3) is 0 Å². The predicted octanol–water partition coefficient (Wildman–Crippen LogP) is 5.09. The SMILES string of the molecule is O=C(O)[C@H]1[C@H](C(=O)N(Cc2ccccc2)Cc2ccccc2)[C@H](C(=O)O)[C@H]1C(=O)N(Cc1ccccc1)Cc1ccccc1. The van der Waals surface area contributed by atoms with Gasteiger partial charge >= 0.3 is 11.9 Å². The van der Waals surface area contributed by atoms with Gasteiger partial charge in [-0.05, 0) is 22.3 Å². The van der Waals surface area contributed by atoms with Gasteiger partial charge in [-0.3, -0.25) is 19.2 Å². The van der Waals surface area contributed by atoms with Crippen LogP contribution in [0.3, 0.4) is 0 Å². The molecule has 4 aromatic rings. The molecule has 8 nitrogen and oxygen atoms in total. The Morgan fingerprint density at radius 3 is 0.841 bits per heavy atom. The van der Waals surface area contributed by atoms with Crippen molar-refractivity contribution >= 4 is 23.8 Å². The van der Waals surface area contributed by atoms with Crippen LogP contribution in [0, 0.1) is 23.7 Å². The largest absolute Gasteiger partial charge is 0.481 e. The minimum Gasteiger partial charge on any atom is -0.481 e. The Labute approximate surface area is 256 Å². The molecule has 2 N–H and O–H groups in total. The lowest BCUT2D eigenvalue weighted by Gasteiger charge is -2.48. The number of hydrogen-bond acceptors (Lipinski definition) is 4. The maximum absolute atomic E-state index is 14.2. The van der Waals surface area contributed by atoms with Gasteiger partial charge in [0.15, 0.2) is 0 Å². The molecule has 0 bridgehead atoms. The summed E-state index contributed by atoms with van der Waals surface area (Å²) in [6.07, 6.45) is 0. The number of amides is 2. The zero-order chi connectivity index (χ0) is 31.1. The lowest BCUT2D eigenvalue weighted by atomic mass is 9.55. The Morgan fingerprint density at radius 2 is 0.636 bits per heavy atom. The molecule has 0 saturated heterocycles. The van der Waals surface area contributed by atoms with Crippen LogP contribution in [-0.4, -0.2) is 43.8 Å². The van der Waals surface area contributed by atoms with E-state index < -0.39 is 47.4 Å². The zero-order valence-corrected chi connectivity index (χ0v) is 24.1. The molecule has 44 heavy (non-hydrogen) atoms. The van der Waals surface area contributed by atoms with Crippen LogP contribution < -0.4 is 0 Å². The molecule has 0 spiro atoms. The third-order valence-corrected chi connectivity index (χ3v) is 8.18. The summed E-state index contributed by atoms with van der Waals surface area (Å²) in [5.74, 6) is -9.70. The van der Waals surface area contributed by atoms with E-state index in [4.69, 9.17) is 0 Å². The number of rotatable bonds is 12. The van der Waals surface area contributed by atoms with Gasteiger partial charge in [0.25, 0.3) is 0 Å². The van der Waals surface area contributed by atoms with Crippen LogP contribution in [0.5, 0.6) is 0 Å². The summed E-state index contributed by atoms with van der Waals surface area (Å²) < 4.78 is 0. The van der Waals surface area contributed by atoms with Crippen LogP contribution in [0.4, 0.5) is 0 Å². The number of aliphatic carboxylic acids is 2. The smallest absolute Gasteiger partial charge is 0.308 e. The summed E-state index contributed by atoms with van der Waals surface area (Å²) in [6, 6.07) is 37.0. The van der Waals surface area contributed by atoms with Gasteiger partial charge in [-0.25, -0.2) is 0 Å². The third kappa shape index (κ3) is 6.86. The van der Waals surface area contributed by atoms with Crippen LogP contribution in [0.2, 0.25) is 0 Å². The summed E-state index contributed by atoms with van der Waals surface area (Å²) in [7, 11) is 0. The Morgan fingerprint density at radius 1 is 0.409 bits per heavy atom. The van der Waals surface area contributed by atoms with Crippen molar-refractivity contribution in [1.29, 1.82) is 0 Å². The number of nitrogens with zero attached hydrogens (tertiary/aromatic N) is 2. The van der Waals surface area contributed by atoms with Gasteiger partial charge in [0.05, 0.1) is 23.7 Å². The first-order valence-corrected chi connectivity index (χ1v) is 14.5. The Hall–Kier alpha value is -5.24. The summed E-state index contributed by atoms with van der Waals surface area (Å²) in [4.78, 5) is 56.8. The average Bonchev–Trinajstić information content (AvgIpc) is 3.01. The first kappa shape index (κ1) is 30.2. The van der Waals surface area contributed by atoms with E-state index in [1.807, 2.05) is 121 Å². The highest BCUT2D eigenvalue weighted by Crippen LogP contribution is 2.49. The minimum absolute atomic E-state index is 0.163. The van der Waals surface area contributed by atoms with Gasteiger partial charge in [-0.1, -0.05) is 121 Å². The van der Waals surface area contributed by atoms with Gasteiger partial charge in [-0.15, -0.1) is 0 Å². The fourth-order valence-electron chi connectivity index (χ4n) is 6.04. The van der Waals surface area contributed by atoms with Crippen molar-refractivity contribution < 1.29 is 29.4 Å². The van der Waals surface area contributed by atoms with Crippen LogP contribution in [0.15, 0.2) is 121 Å². The number of carboxylic acid groups (broad SMARTS) is 2. The van der Waals surface area contributed by atoms with Gasteiger partial charge < -0.3 is 20.0 Å². The predicted molar refractivity (Wildman–Crippen MR) is 164 cm³/mol. The van der Waals surface area contributed by atoms with E-state index >= 15 is 0 Å². The Bertz CT molecular complexity index is 1370. The fraction of sp³-hybridized carbons (Fsp3) is 0.222. The number of benzene rings is 4. The molecule has 5 rings (SSSR count). The molecule has 1 aliphatic carbocycles. The van der Waals surface area contributed by atoms with Crippen LogP contribution in [0.1, 0.15) is 22.3 Å². The number of carbonyl (C=O) groups excluding carboxylic acids is 2. The molecule has 0 aromatic heterocycles. The molecule has 1 saturated carbocycles. The fourth-order valence-corrected chi connectivity index (χ4v) is 6.04. The summed E-state index contributed by atoms with van der Waals surface area (Å²) in [5, 5.41) is 20.7. The molecule has 2 amide bonds. The van der Waals surface area contributed by atoms with Crippen molar-refractivity contribution in [3.8, 4) is 0 Å². The summed E-state index contributed by atoms with van der Waals surface area (Å²) in [5.41, 5.74) is 3.28. The monoisotopic (exact) mass is 590 g/mol. The van der Waals surface area contributed by atoms with E-state index in [1.54, 1.807) is 0 Å². The maximum Gasteiger partial charge on any atom is 0.308 e. The lowest BCUT2D eigenvalue weighted by Crippen LogP contribution is -2.64. The van der Waals surface area contributed by atoms with Crippen molar-refractivity contribution in [2.24, 2.45) is 23.7 Å². The maximum atomic E-state index is 14.2. The highest BCUT2D eigenvalue weighted by atomic mass is 16.4. The highest BCUT2D eigenvalue weighted by Gasteiger charge is 2.64. The van der Waals surface area contributed by atoms with Crippen LogP contribution >= 0.6 is 0 Å². The normalized spacial score (nSPS) is 18.9. The quantitative estimate of drug-likeness (QED) is 0.238. The standard InChI is InChI=1S/C36H34N2O6/c39-33(37(21-25-13-5-1-6-14-25)22-26-15-7-2-8-16-26)29-31(35(41)42)30(32(29)36(43)44)34(40)38(23-27-17-9-3-10-18-27)24-28-19-11-4-12-20-28/h1-20,29-32H,21-24H2,(H,41,42)(H,43,44)/t29-,30-,31-,32-. The van der Waals surface area contributed by atoms with Crippen LogP contribution in [-0.2, 0) is 45.4 Å². The molecule has 4 aromatic carbocycles. The number of hydrogen-bond donors (Lipinski definition) is 2. The first-order valence-electron chi connectivity index (χ1n) is 14.5. The van der Waals surface area contributed by atoms with Gasteiger partial charge in [0.1, 0.15) is 0 Å². The first-order chi connectivity index (χ1) is 21.3. The Kier molecular flexibility index (Phi) is 9.49. The summed E-state index contributed by atoms with van der Waals surface area (Å²) >= 11 is 0. The molecular weight excluding hydrogens is 556 g/mol. The van der Waals surface area contributed by atoms with Gasteiger partial charge in [-0.2, -0.15) is 0 Å². The van der Waals surface area contributed by atoms with Crippen molar-refractivity contribution in [2.45, 2.75) is 26.2 Å². The molecule has 0 atom stereocenters. The van der Waals surface area contributed by atoms with Crippen molar-refractivity contribution in [2.75, 3.05) is 0 Å². The second kappa shape index (κ2) is 13.8. The second-order valence-corrected chi connectivity index (χ2v) is 11.1. The van der Waals surface area contributed by atoms with E-state index in [9.17, 15) is 29.4 Å². The van der Waals surface area contributed by atoms with Crippen molar-refractivity contribution in [1.82, 2.24) is 9.80 Å². The lowest BCUT2D eigenvalue weighted by molar-refractivity contribution is -0.188. The van der Waals surface area contributed by atoms with E-state index in [2.05, 4.69) is 0 Å². The molecule has 0 aliphatic heterocycles. The molecule has 1 aliphatic rings. The third-order valence-electron chi connectivity index (χ3n) is 8.18. The Balaban J connectivity index is 1.47.